The van der Waals surface area contributed by atoms with Crippen LogP contribution in [0.4, 0.5) is 0 Å². The second-order valence-corrected chi connectivity index (χ2v) is 5.30. The van der Waals surface area contributed by atoms with Gasteiger partial charge in [0.25, 0.3) is 0 Å². The Balaban J connectivity index is 2.32. The van der Waals surface area contributed by atoms with Gasteiger partial charge in [0.2, 0.25) is 0 Å². The van der Waals surface area contributed by atoms with Gasteiger partial charge in [0.1, 0.15) is 0 Å². The lowest BCUT2D eigenvalue weighted by Gasteiger charge is -1.98. The minimum absolute atomic E-state index is 0.0578. The van der Waals surface area contributed by atoms with Crippen molar-refractivity contribution < 1.29 is 14.7 Å². The second-order valence-electron chi connectivity index (χ2n) is 3.72. The molecule has 1 atom stereocenters. The SMILES string of the molecule is O=C(O)CCC(=O)c1csc2ccc(P)cc12. The fourth-order valence-corrected chi connectivity index (χ4v) is 2.83. The van der Waals surface area contributed by atoms with Crippen molar-refractivity contribution in [1.29, 1.82) is 0 Å². The summed E-state index contributed by atoms with van der Waals surface area (Å²) in [5, 5.41) is 12.3. The first-order valence-electron chi connectivity index (χ1n) is 5.09. The van der Waals surface area contributed by atoms with Crippen molar-refractivity contribution in [2.45, 2.75) is 12.8 Å². The quantitative estimate of drug-likeness (QED) is 0.683. The molecule has 0 saturated carbocycles. The first-order chi connectivity index (χ1) is 8.08. The molecule has 1 aromatic heterocycles. The minimum Gasteiger partial charge on any atom is -0.481 e. The number of carbonyl (C=O) groups excluding carboxylic acids is 1. The Morgan fingerprint density at radius 3 is 2.76 bits per heavy atom. The van der Waals surface area contributed by atoms with E-state index in [4.69, 9.17) is 5.11 Å². The summed E-state index contributed by atoms with van der Waals surface area (Å²) >= 11 is 1.51. The van der Waals surface area contributed by atoms with Crippen molar-refractivity contribution in [2.24, 2.45) is 0 Å². The lowest BCUT2D eigenvalue weighted by molar-refractivity contribution is -0.136. The summed E-state index contributed by atoms with van der Waals surface area (Å²) in [5.74, 6) is -1.04. The molecule has 88 valence electrons. The number of benzene rings is 1. The largest absolute Gasteiger partial charge is 0.481 e. The van der Waals surface area contributed by atoms with Crippen LogP contribution < -0.4 is 5.30 Å². The van der Waals surface area contributed by atoms with E-state index in [1.165, 1.54) is 11.3 Å². The zero-order valence-corrected chi connectivity index (χ0v) is 10.9. The molecule has 0 saturated heterocycles. The number of aliphatic carboxylic acids is 1. The van der Waals surface area contributed by atoms with Crippen LogP contribution in [0.15, 0.2) is 23.6 Å². The Hall–Kier alpha value is -1.25. The summed E-state index contributed by atoms with van der Waals surface area (Å²) in [6.07, 6.45) is -0.0566. The highest BCUT2D eigenvalue weighted by molar-refractivity contribution is 7.27. The molecule has 2 aromatic rings. The van der Waals surface area contributed by atoms with Gasteiger partial charge in [-0.1, -0.05) is 6.07 Å². The monoisotopic (exact) mass is 266 g/mol. The molecule has 5 heteroatoms. The van der Waals surface area contributed by atoms with Crippen molar-refractivity contribution in [3.05, 3.63) is 29.1 Å². The molecule has 17 heavy (non-hydrogen) atoms. The lowest BCUT2D eigenvalue weighted by atomic mass is 10.1. The average molecular weight is 266 g/mol. The summed E-state index contributed by atoms with van der Waals surface area (Å²) in [6.45, 7) is 0. The molecule has 0 fully saturated rings. The number of hydrogen-bond donors (Lipinski definition) is 1. The third-order valence-electron chi connectivity index (χ3n) is 2.46. The predicted octanol–water partition coefficient (Wildman–Crippen LogP) is 2.45. The molecule has 2 rings (SSSR count). The van der Waals surface area contributed by atoms with E-state index in [9.17, 15) is 9.59 Å². The summed E-state index contributed by atoms with van der Waals surface area (Å²) in [5.41, 5.74) is 0.635. The first kappa shape index (κ1) is 12.2. The van der Waals surface area contributed by atoms with Crippen LogP contribution in [0.2, 0.25) is 0 Å². The minimum atomic E-state index is -0.940. The van der Waals surface area contributed by atoms with E-state index >= 15 is 0 Å². The summed E-state index contributed by atoms with van der Waals surface area (Å²) < 4.78 is 1.05. The molecule has 0 bridgehead atoms. The lowest BCUT2D eigenvalue weighted by Crippen LogP contribution is -2.03. The molecule has 0 spiro atoms. The van der Waals surface area contributed by atoms with E-state index in [2.05, 4.69) is 9.24 Å². The molecule has 0 radical (unpaired) electrons. The van der Waals surface area contributed by atoms with Crippen LogP contribution in [0.5, 0.6) is 0 Å². The molecule has 0 amide bonds. The van der Waals surface area contributed by atoms with Gasteiger partial charge in [-0.15, -0.1) is 20.6 Å². The maximum absolute atomic E-state index is 11.9. The maximum Gasteiger partial charge on any atom is 0.303 e. The number of rotatable bonds is 4. The first-order valence-corrected chi connectivity index (χ1v) is 6.55. The van der Waals surface area contributed by atoms with Gasteiger partial charge in [-0.05, 0) is 17.4 Å². The van der Waals surface area contributed by atoms with Gasteiger partial charge in [0, 0.05) is 27.5 Å². The number of hydrogen-bond acceptors (Lipinski definition) is 3. The Labute approximate surface area is 105 Å². The van der Waals surface area contributed by atoms with Crippen LogP contribution in [-0.2, 0) is 4.79 Å². The van der Waals surface area contributed by atoms with Crippen LogP contribution >= 0.6 is 20.6 Å². The van der Waals surface area contributed by atoms with Crippen molar-refractivity contribution in [2.75, 3.05) is 0 Å². The molecule has 1 heterocycles. The van der Waals surface area contributed by atoms with Crippen LogP contribution in [0.25, 0.3) is 10.1 Å². The van der Waals surface area contributed by atoms with Crippen molar-refractivity contribution in [3.63, 3.8) is 0 Å². The number of thiophene rings is 1. The van der Waals surface area contributed by atoms with E-state index < -0.39 is 5.97 Å². The molecule has 3 nitrogen and oxygen atoms in total. The Kier molecular flexibility index (Phi) is 3.55. The third kappa shape index (κ3) is 2.71. The molecule has 0 aliphatic rings. The standard InChI is InChI=1S/C12H11O3PS/c13-10(2-4-12(14)15)9-6-17-11-3-1-7(16)5-8(9)11/h1,3,5-6H,2,4,16H2,(H,14,15). The van der Waals surface area contributed by atoms with Gasteiger partial charge in [-0.3, -0.25) is 9.59 Å². The van der Waals surface area contributed by atoms with Gasteiger partial charge >= 0.3 is 5.97 Å². The molecule has 0 aliphatic heterocycles. The molecular formula is C12H11O3PS. The summed E-state index contributed by atoms with van der Waals surface area (Å²) in [6, 6.07) is 5.87. The normalized spacial score (nSPS) is 10.6. The predicted molar refractivity (Wildman–Crippen MR) is 72.4 cm³/mol. The third-order valence-corrected chi connectivity index (χ3v) is 3.79. The topological polar surface area (TPSA) is 54.4 Å². The smallest absolute Gasteiger partial charge is 0.303 e. The average Bonchev–Trinajstić information content (AvgIpc) is 2.68. The van der Waals surface area contributed by atoms with E-state index in [0.717, 1.165) is 15.4 Å². The Morgan fingerprint density at radius 2 is 2.06 bits per heavy atom. The molecule has 1 aromatic carbocycles. The Morgan fingerprint density at radius 1 is 1.29 bits per heavy atom. The molecule has 1 unspecified atom stereocenters. The number of Topliss-reactive ketones (excluding diaryl/α,β-unsaturated/α-hetero) is 1. The summed E-state index contributed by atoms with van der Waals surface area (Å²) in [4.78, 5) is 22.3. The Bertz CT molecular complexity index is 588. The van der Waals surface area contributed by atoms with E-state index in [-0.39, 0.29) is 18.6 Å². The van der Waals surface area contributed by atoms with E-state index in [0.29, 0.717) is 5.56 Å². The number of carboxylic acid groups (broad SMARTS) is 1. The van der Waals surface area contributed by atoms with Gasteiger partial charge in [0.15, 0.2) is 5.78 Å². The van der Waals surface area contributed by atoms with Crippen LogP contribution in [-0.4, -0.2) is 16.9 Å². The van der Waals surface area contributed by atoms with Crippen LogP contribution in [0.3, 0.4) is 0 Å². The fraction of sp³-hybridized carbons (Fsp3) is 0.167. The zero-order valence-electron chi connectivity index (χ0n) is 8.97. The van der Waals surface area contributed by atoms with Gasteiger partial charge in [0.05, 0.1) is 6.42 Å². The van der Waals surface area contributed by atoms with Gasteiger partial charge in [-0.2, -0.15) is 0 Å². The highest BCUT2D eigenvalue weighted by Crippen LogP contribution is 2.26. The van der Waals surface area contributed by atoms with Crippen molar-refractivity contribution in [1.82, 2.24) is 0 Å². The maximum atomic E-state index is 11.9. The number of carbonyl (C=O) groups is 2. The second kappa shape index (κ2) is 4.94. The van der Waals surface area contributed by atoms with Crippen LogP contribution in [0.1, 0.15) is 23.2 Å². The van der Waals surface area contributed by atoms with E-state index in [1.807, 2.05) is 18.2 Å². The molecular weight excluding hydrogens is 255 g/mol. The van der Waals surface area contributed by atoms with Gasteiger partial charge < -0.3 is 5.11 Å². The highest BCUT2D eigenvalue weighted by atomic mass is 32.1. The number of ketones is 1. The molecule has 1 N–H and O–H groups in total. The highest BCUT2D eigenvalue weighted by Gasteiger charge is 2.13. The number of carboxylic acids is 1. The van der Waals surface area contributed by atoms with Crippen LogP contribution in [0, 0.1) is 0 Å². The molecule has 0 aliphatic carbocycles. The van der Waals surface area contributed by atoms with Gasteiger partial charge in [-0.25, -0.2) is 0 Å². The van der Waals surface area contributed by atoms with Crippen molar-refractivity contribution >= 4 is 47.7 Å². The van der Waals surface area contributed by atoms with Crippen molar-refractivity contribution in [3.8, 4) is 0 Å². The fourth-order valence-electron chi connectivity index (χ4n) is 1.62. The zero-order chi connectivity index (χ0) is 12.4. The van der Waals surface area contributed by atoms with E-state index in [1.54, 1.807) is 5.38 Å². The summed E-state index contributed by atoms with van der Waals surface area (Å²) in [7, 11) is 2.59. The number of fused-ring (bicyclic) bond motifs is 1.